The SMILES string of the molecule is Cc1cc(Br)cc(N(F)C(=O)OC(C)(C)C)c1. The second kappa shape index (κ2) is 5.04. The summed E-state index contributed by atoms with van der Waals surface area (Å²) in [5, 5.41) is 0.00299. The highest BCUT2D eigenvalue weighted by Gasteiger charge is 2.23. The van der Waals surface area contributed by atoms with Crippen LogP contribution in [0, 0.1) is 6.92 Å². The van der Waals surface area contributed by atoms with E-state index in [4.69, 9.17) is 4.74 Å². The van der Waals surface area contributed by atoms with Crippen LogP contribution in [0.4, 0.5) is 15.0 Å². The summed E-state index contributed by atoms with van der Waals surface area (Å²) < 4.78 is 19.4. The lowest BCUT2D eigenvalue weighted by Gasteiger charge is -2.22. The standard InChI is InChI=1S/C12H15BrFNO2/c1-8-5-9(13)7-10(6-8)15(14)11(16)17-12(2,3)4/h5-7H,1-4H3. The molecular weight excluding hydrogens is 289 g/mol. The maximum absolute atomic E-state index is 13.8. The quantitative estimate of drug-likeness (QED) is 0.720. The first-order chi connectivity index (χ1) is 7.69. The zero-order chi connectivity index (χ0) is 13.2. The van der Waals surface area contributed by atoms with Crippen molar-refractivity contribution in [3.8, 4) is 0 Å². The van der Waals surface area contributed by atoms with Crippen molar-refractivity contribution in [2.24, 2.45) is 0 Å². The lowest BCUT2D eigenvalue weighted by atomic mass is 10.2. The molecule has 0 saturated heterocycles. The van der Waals surface area contributed by atoms with Crippen LogP contribution in [0.1, 0.15) is 26.3 Å². The minimum absolute atomic E-state index is 0.00299. The van der Waals surface area contributed by atoms with Gasteiger partial charge in [-0.25, -0.2) is 4.79 Å². The van der Waals surface area contributed by atoms with E-state index in [1.54, 1.807) is 26.8 Å². The molecule has 0 atom stereocenters. The molecular formula is C12H15BrFNO2. The number of amides is 1. The highest BCUT2D eigenvalue weighted by Crippen LogP contribution is 2.24. The number of hydrogen-bond acceptors (Lipinski definition) is 2. The van der Waals surface area contributed by atoms with Gasteiger partial charge in [0.2, 0.25) is 0 Å². The largest absolute Gasteiger partial charge is 0.443 e. The van der Waals surface area contributed by atoms with Crippen LogP contribution >= 0.6 is 15.9 Å². The molecule has 94 valence electrons. The van der Waals surface area contributed by atoms with Gasteiger partial charge in [0.05, 0.1) is 5.69 Å². The topological polar surface area (TPSA) is 29.5 Å². The van der Waals surface area contributed by atoms with Crippen LogP contribution in [-0.2, 0) is 4.74 Å². The smallest absolute Gasteiger partial charge is 0.442 e. The first-order valence-electron chi connectivity index (χ1n) is 5.15. The lowest BCUT2D eigenvalue weighted by Crippen LogP contribution is -2.31. The summed E-state index contributed by atoms with van der Waals surface area (Å²) in [5.74, 6) is 0. The number of hydrogen-bond donors (Lipinski definition) is 0. The molecule has 0 N–H and O–H groups in total. The van der Waals surface area contributed by atoms with E-state index >= 15 is 0 Å². The predicted octanol–water partition coefficient (Wildman–Crippen LogP) is 4.38. The maximum Gasteiger partial charge on any atom is 0.443 e. The summed E-state index contributed by atoms with van der Waals surface area (Å²) in [6, 6.07) is 4.90. The molecule has 1 rings (SSSR count). The normalized spacial score (nSPS) is 11.2. The second-order valence-corrected chi connectivity index (χ2v) is 5.66. The fourth-order valence-corrected chi connectivity index (χ4v) is 1.83. The number of halogens is 2. The molecule has 0 fully saturated rings. The predicted molar refractivity (Wildman–Crippen MR) is 68.7 cm³/mol. The van der Waals surface area contributed by atoms with Crippen LogP contribution in [0.3, 0.4) is 0 Å². The van der Waals surface area contributed by atoms with E-state index < -0.39 is 11.7 Å². The number of nitrogens with zero attached hydrogens (tertiary/aromatic N) is 1. The van der Waals surface area contributed by atoms with E-state index in [0.717, 1.165) is 5.56 Å². The summed E-state index contributed by atoms with van der Waals surface area (Å²) in [7, 11) is 0. The minimum atomic E-state index is -1.02. The molecule has 0 aliphatic rings. The van der Waals surface area contributed by atoms with Crippen LogP contribution in [0.2, 0.25) is 0 Å². The maximum atomic E-state index is 13.8. The first-order valence-corrected chi connectivity index (χ1v) is 5.94. The fourth-order valence-electron chi connectivity index (χ4n) is 1.24. The van der Waals surface area contributed by atoms with Gasteiger partial charge in [-0.05, 0) is 51.5 Å². The molecule has 0 radical (unpaired) electrons. The number of rotatable bonds is 1. The Balaban J connectivity index is 2.89. The van der Waals surface area contributed by atoms with Crippen LogP contribution in [0.25, 0.3) is 0 Å². The van der Waals surface area contributed by atoms with Crippen molar-refractivity contribution < 1.29 is 14.0 Å². The fraction of sp³-hybridized carbons (Fsp3) is 0.417. The van der Waals surface area contributed by atoms with Crippen molar-refractivity contribution in [2.75, 3.05) is 5.12 Å². The van der Waals surface area contributed by atoms with Gasteiger partial charge in [0.1, 0.15) is 5.60 Å². The van der Waals surface area contributed by atoms with Gasteiger partial charge < -0.3 is 4.74 Å². The molecule has 0 aliphatic carbocycles. The van der Waals surface area contributed by atoms with Crippen molar-refractivity contribution in [1.82, 2.24) is 0 Å². The number of carbonyl (C=O) groups is 1. The molecule has 1 aromatic rings. The Kier molecular flexibility index (Phi) is 4.14. The molecule has 0 aromatic heterocycles. The van der Waals surface area contributed by atoms with Gasteiger partial charge >= 0.3 is 6.09 Å². The number of aryl methyl sites for hydroxylation is 1. The van der Waals surface area contributed by atoms with Crippen molar-refractivity contribution in [3.05, 3.63) is 28.2 Å². The van der Waals surface area contributed by atoms with Gasteiger partial charge in [-0.3, -0.25) is 0 Å². The zero-order valence-corrected chi connectivity index (χ0v) is 11.8. The Bertz CT molecular complexity index is 409. The monoisotopic (exact) mass is 303 g/mol. The van der Waals surface area contributed by atoms with Crippen LogP contribution in [-0.4, -0.2) is 11.7 Å². The zero-order valence-electron chi connectivity index (χ0n) is 10.3. The Labute approximate surface area is 109 Å². The van der Waals surface area contributed by atoms with Crippen LogP contribution in [0.5, 0.6) is 0 Å². The summed E-state index contributed by atoms with van der Waals surface area (Å²) >= 11 is 3.25. The van der Waals surface area contributed by atoms with Gasteiger partial charge in [-0.1, -0.05) is 20.4 Å². The van der Waals surface area contributed by atoms with Gasteiger partial charge in [-0.15, -0.1) is 5.12 Å². The molecule has 17 heavy (non-hydrogen) atoms. The Morgan fingerprint density at radius 3 is 2.41 bits per heavy atom. The molecule has 3 nitrogen and oxygen atoms in total. The highest BCUT2D eigenvalue weighted by molar-refractivity contribution is 9.10. The van der Waals surface area contributed by atoms with Gasteiger partial charge in [-0.2, -0.15) is 0 Å². The Morgan fingerprint density at radius 1 is 1.35 bits per heavy atom. The third-order valence-corrected chi connectivity index (χ3v) is 2.27. The van der Waals surface area contributed by atoms with Crippen molar-refractivity contribution in [1.29, 1.82) is 0 Å². The van der Waals surface area contributed by atoms with E-state index in [9.17, 15) is 9.28 Å². The number of ether oxygens (including phenoxy) is 1. The van der Waals surface area contributed by atoms with Crippen LogP contribution < -0.4 is 5.12 Å². The van der Waals surface area contributed by atoms with E-state index in [1.165, 1.54) is 6.07 Å². The van der Waals surface area contributed by atoms with Crippen molar-refractivity contribution in [2.45, 2.75) is 33.3 Å². The molecule has 0 saturated carbocycles. The molecule has 0 unspecified atom stereocenters. The molecule has 0 aliphatic heterocycles. The molecule has 5 heteroatoms. The highest BCUT2D eigenvalue weighted by atomic mass is 79.9. The number of benzene rings is 1. The van der Waals surface area contributed by atoms with Gasteiger partial charge in [0, 0.05) is 4.47 Å². The third-order valence-electron chi connectivity index (χ3n) is 1.81. The van der Waals surface area contributed by atoms with Crippen LogP contribution in [0.15, 0.2) is 22.7 Å². The number of anilines is 1. The molecule has 0 spiro atoms. The number of carbonyl (C=O) groups excluding carboxylic acids is 1. The minimum Gasteiger partial charge on any atom is -0.442 e. The molecule has 1 amide bonds. The first kappa shape index (κ1) is 14.0. The van der Waals surface area contributed by atoms with Gasteiger partial charge in [0.25, 0.3) is 0 Å². The Hall–Kier alpha value is -1.10. The summed E-state index contributed by atoms with van der Waals surface area (Å²) in [6.45, 7) is 6.87. The average Bonchev–Trinajstić information content (AvgIpc) is 2.12. The average molecular weight is 304 g/mol. The van der Waals surface area contributed by atoms with E-state index in [2.05, 4.69) is 15.9 Å². The van der Waals surface area contributed by atoms with E-state index in [0.29, 0.717) is 4.47 Å². The molecule has 0 bridgehead atoms. The molecule has 0 heterocycles. The Morgan fingerprint density at radius 2 is 1.94 bits per heavy atom. The van der Waals surface area contributed by atoms with Crippen molar-refractivity contribution >= 4 is 27.7 Å². The van der Waals surface area contributed by atoms with E-state index in [1.807, 2.05) is 13.0 Å². The van der Waals surface area contributed by atoms with Gasteiger partial charge in [0.15, 0.2) is 0 Å². The summed E-state index contributed by atoms with van der Waals surface area (Å²) in [4.78, 5) is 11.5. The summed E-state index contributed by atoms with van der Waals surface area (Å²) in [5.41, 5.74) is 0.273. The third kappa shape index (κ3) is 4.34. The lowest BCUT2D eigenvalue weighted by molar-refractivity contribution is 0.0501. The second-order valence-electron chi connectivity index (χ2n) is 4.75. The summed E-state index contributed by atoms with van der Waals surface area (Å²) in [6.07, 6.45) is -1.02. The van der Waals surface area contributed by atoms with E-state index in [-0.39, 0.29) is 10.8 Å². The molecule has 1 aromatic carbocycles. The van der Waals surface area contributed by atoms with Crippen molar-refractivity contribution in [3.63, 3.8) is 0 Å².